The fourth-order valence-corrected chi connectivity index (χ4v) is 5.57. The number of anilines is 2. The van der Waals surface area contributed by atoms with Gasteiger partial charge in [-0.15, -0.1) is 0 Å². The van der Waals surface area contributed by atoms with E-state index < -0.39 is 10.0 Å². The summed E-state index contributed by atoms with van der Waals surface area (Å²) in [7, 11) is -3.74. The van der Waals surface area contributed by atoms with Gasteiger partial charge in [0.25, 0.3) is 15.9 Å². The number of sulfonamides is 1. The fraction of sp³-hybridized carbons (Fsp3) is 0. The van der Waals surface area contributed by atoms with Gasteiger partial charge in [-0.3, -0.25) is 9.52 Å². The van der Waals surface area contributed by atoms with Gasteiger partial charge in [0.1, 0.15) is 0 Å². The maximum atomic E-state index is 12.9. The van der Waals surface area contributed by atoms with E-state index in [0.29, 0.717) is 11.3 Å². The molecule has 0 atom stereocenters. The van der Waals surface area contributed by atoms with E-state index in [1.165, 1.54) is 0 Å². The first kappa shape index (κ1) is 23.5. The van der Waals surface area contributed by atoms with Crippen LogP contribution >= 0.6 is 0 Å². The van der Waals surface area contributed by atoms with Crippen LogP contribution in [0.1, 0.15) is 11.3 Å². The van der Waals surface area contributed by atoms with Crippen LogP contribution in [-0.2, 0) is 14.8 Å². The van der Waals surface area contributed by atoms with E-state index in [1.54, 1.807) is 36.4 Å². The molecule has 2 heterocycles. The Morgan fingerprint density at radius 1 is 0.684 bits per heavy atom. The lowest BCUT2D eigenvalue weighted by Crippen LogP contribution is -2.12. The predicted octanol–water partition coefficient (Wildman–Crippen LogP) is 6.64. The minimum Gasteiger partial charge on any atom is -0.362 e. The number of amides is 1. The monoisotopic (exact) mass is 517 g/mol. The van der Waals surface area contributed by atoms with Gasteiger partial charge in [0.2, 0.25) is 0 Å². The van der Waals surface area contributed by atoms with Crippen LogP contribution in [0.4, 0.5) is 11.4 Å². The molecule has 186 valence electrons. The summed E-state index contributed by atoms with van der Waals surface area (Å²) < 4.78 is 28.5. The lowest BCUT2D eigenvalue weighted by atomic mass is 10.00. The standard InChI is InChI=1S/C31H23N3O3S/c35-31-29(20-26-7-4-18-32-26)28-17-12-24(19-30(28)33-31)23-8-13-25(14-9-23)34-38(36,37)27-15-10-22(11-16-27)21-5-2-1-3-6-21/h1-20,32,34H,(H,33,35)/b29-20-. The van der Waals surface area contributed by atoms with Crippen LogP contribution in [-0.4, -0.2) is 19.3 Å². The molecule has 0 fully saturated rings. The molecular weight excluding hydrogens is 494 g/mol. The highest BCUT2D eigenvalue weighted by atomic mass is 32.2. The van der Waals surface area contributed by atoms with Crippen molar-refractivity contribution in [1.29, 1.82) is 0 Å². The Labute approximate surface area is 220 Å². The van der Waals surface area contributed by atoms with Crippen molar-refractivity contribution in [2.24, 2.45) is 0 Å². The second-order valence-electron chi connectivity index (χ2n) is 8.97. The fourth-order valence-electron chi connectivity index (χ4n) is 4.51. The molecule has 1 aliphatic heterocycles. The first-order valence-electron chi connectivity index (χ1n) is 12.1. The van der Waals surface area contributed by atoms with Crippen LogP contribution in [0.3, 0.4) is 0 Å². The molecule has 3 N–H and O–H groups in total. The summed E-state index contributed by atoms with van der Waals surface area (Å²) in [6.45, 7) is 0. The minimum absolute atomic E-state index is 0.145. The lowest BCUT2D eigenvalue weighted by molar-refractivity contribution is -0.110. The number of fused-ring (bicyclic) bond motifs is 1. The smallest absolute Gasteiger partial charge is 0.261 e. The molecule has 5 aromatic rings. The number of carbonyl (C=O) groups is 1. The van der Waals surface area contributed by atoms with Crippen LogP contribution in [0.15, 0.2) is 120 Å². The zero-order valence-corrected chi connectivity index (χ0v) is 21.0. The topological polar surface area (TPSA) is 91.1 Å². The Morgan fingerprint density at radius 2 is 1.34 bits per heavy atom. The molecule has 6 nitrogen and oxygen atoms in total. The molecule has 0 unspecified atom stereocenters. The zero-order valence-electron chi connectivity index (χ0n) is 20.2. The van der Waals surface area contributed by atoms with E-state index in [9.17, 15) is 13.2 Å². The first-order chi connectivity index (χ1) is 18.5. The Bertz CT molecular complexity index is 1760. The van der Waals surface area contributed by atoms with Crippen LogP contribution < -0.4 is 10.0 Å². The highest BCUT2D eigenvalue weighted by molar-refractivity contribution is 7.92. The van der Waals surface area contributed by atoms with E-state index in [4.69, 9.17) is 0 Å². The quantitative estimate of drug-likeness (QED) is 0.221. The van der Waals surface area contributed by atoms with Crippen molar-refractivity contribution >= 4 is 39.0 Å². The maximum absolute atomic E-state index is 12.9. The zero-order chi connectivity index (χ0) is 26.1. The molecule has 0 saturated heterocycles. The van der Waals surface area contributed by atoms with Gasteiger partial charge in [0.05, 0.1) is 10.5 Å². The van der Waals surface area contributed by atoms with E-state index in [-0.39, 0.29) is 10.8 Å². The van der Waals surface area contributed by atoms with E-state index in [1.807, 2.05) is 85.1 Å². The SMILES string of the molecule is O=C1Nc2cc(-c3ccc(NS(=O)(=O)c4ccc(-c5ccccc5)cc4)cc3)ccc2/C1=C/c1ccc[nH]1. The van der Waals surface area contributed by atoms with Gasteiger partial charge < -0.3 is 10.3 Å². The second kappa shape index (κ2) is 9.53. The number of H-pyrrole nitrogens is 1. The van der Waals surface area contributed by atoms with Gasteiger partial charge in [-0.1, -0.05) is 66.7 Å². The molecule has 4 aromatic carbocycles. The largest absolute Gasteiger partial charge is 0.362 e. The summed E-state index contributed by atoms with van der Waals surface area (Å²) in [6.07, 6.45) is 3.64. The highest BCUT2D eigenvalue weighted by Gasteiger charge is 2.24. The average molecular weight is 518 g/mol. The number of aromatic amines is 1. The molecule has 0 saturated carbocycles. The molecule has 0 aliphatic carbocycles. The highest BCUT2D eigenvalue weighted by Crippen LogP contribution is 2.36. The molecule has 1 aromatic heterocycles. The lowest BCUT2D eigenvalue weighted by Gasteiger charge is -2.10. The third kappa shape index (κ3) is 4.63. The van der Waals surface area contributed by atoms with E-state index >= 15 is 0 Å². The first-order valence-corrected chi connectivity index (χ1v) is 13.5. The number of nitrogens with one attached hydrogen (secondary N) is 3. The van der Waals surface area contributed by atoms with Gasteiger partial charge in [0.15, 0.2) is 0 Å². The number of rotatable bonds is 6. The summed E-state index contributed by atoms with van der Waals surface area (Å²) in [4.78, 5) is 15.8. The van der Waals surface area contributed by atoms with Crippen molar-refractivity contribution in [3.8, 4) is 22.3 Å². The molecule has 38 heavy (non-hydrogen) atoms. The Balaban J connectivity index is 1.19. The van der Waals surface area contributed by atoms with Crippen molar-refractivity contribution < 1.29 is 13.2 Å². The predicted molar refractivity (Wildman–Crippen MR) is 152 cm³/mol. The number of aromatic nitrogens is 1. The summed E-state index contributed by atoms with van der Waals surface area (Å²) in [5, 5.41) is 2.93. The van der Waals surface area contributed by atoms with Crippen molar-refractivity contribution in [2.45, 2.75) is 4.90 Å². The van der Waals surface area contributed by atoms with Crippen molar-refractivity contribution in [1.82, 2.24) is 4.98 Å². The Morgan fingerprint density at radius 3 is 2.05 bits per heavy atom. The van der Waals surface area contributed by atoms with Gasteiger partial charge in [0, 0.05) is 28.8 Å². The van der Waals surface area contributed by atoms with Crippen LogP contribution in [0.2, 0.25) is 0 Å². The Kier molecular flexibility index (Phi) is 5.90. The average Bonchev–Trinajstić information content (AvgIpc) is 3.57. The van der Waals surface area contributed by atoms with Crippen molar-refractivity contribution in [2.75, 3.05) is 10.0 Å². The minimum atomic E-state index is -3.74. The van der Waals surface area contributed by atoms with Gasteiger partial charge >= 0.3 is 0 Å². The van der Waals surface area contributed by atoms with Crippen molar-refractivity contribution in [3.05, 3.63) is 127 Å². The molecule has 1 amide bonds. The molecular formula is C31H23N3O3S. The number of hydrogen-bond acceptors (Lipinski definition) is 3. The van der Waals surface area contributed by atoms with Gasteiger partial charge in [-0.2, -0.15) is 0 Å². The third-order valence-electron chi connectivity index (χ3n) is 6.47. The van der Waals surface area contributed by atoms with Gasteiger partial charge in [-0.05, 0) is 70.8 Å². The van der Waals surface area contributed by atoms with Crippen molar-refractivity contribution in [3.63, 3.8) is 0 Å². The molecule has 7 heteroatoms. The number of hydrogen-bond donors (Lipinski definition) is 3. The van der Waals surface area contributed by atoms with E-state index in [2.05, 4.69) is 15.0 Å². The normalized spacial score (nSPS) is 13.8. The van der Waals surface area contributed by atoms with Crippen LogP contribution in [0.25, 0.3) is 33.9 Å². The summed E-state index contributed by atoms with van der Waals surface area (Å²) >= 11 is 0. The molecule has 0 spiro atoms. The second-order valence-corrected chi connectivity index (χ2v) is 10.7. The third-order valence-corrected chi connectivity index (χ3v) is 7.86. The molecule has 0 bridgehead atoms. The van der Waals surface area contributed by atoms with Gasteiger partial charge in [-0.25, -0.2) is 8.42 Å². The summed E-state index contributed by atoms with van der Waals surface area (Å²) in [5.74, 6) is -0.145. The summed E-state index contributed by atoms with van der Waals surface area (Å²) in [6, 6.07) is 33.4. The van der Waals surface area contributed by atoms with Crippen LogP contribution in [0.5, 0.6) is 0 Å². The van der Waals surface area contributed by atoms with E-state index in [0.717, 1.165) is 39.2 Å². The number of benzene rings is 4. The summed E-state index contributed by atoms with van der Waals surface area (Å²) in [5.41, 5.74) is 7.31. The maximum Gasteiger partial charge on any atom is 0.261 e. The Hall–Kier alpha value is -4.88. The number of carbonyl (C=O) groups excluding carboxylic acids is 1. The molecule has 1 aliphatic rings. The van der Waals surface area contributed by atoms with Crippen LogP contribution in [0, 0.1) is 0 Å². The molecule has 0 radical (unpaired) electrons. The molecule has 6 rings (SSSR count).